The van der Waals surface area contributed by atoms with Crippen LogP contribution in [0.5, 0.6) is 5.75 Å². The fourth-order valence-corrected chi connectivity index (χ4v) is 5.17. The minimum atomic E-state index is -1.59. The van der Waals surface area contributed by atoms with Gasteiger partial charge in [-0.3, -0.25) is 23.7 Å². The van der Waals surface area contributed by atoms with Crippen molar-refractivity contribution in [1.29, 1.82) is 0 Å². The number of carbonyl (C=O) groups is 4. The third-order valence-corrected chi connectivity index (χ3v) is 7.09. The maximum absolute atomic E-state index is 13.8. The summed E-state index contributed by atoms with van der Waals surface area (Å²) in [5.74, 6) is -2.18. The van der Waals surface area contributed by atoms with Gasteiger partial charge in [-0.25, -0.2) is 0 Å². The summed E-state index contributed by atoms with van der Waals surface area (Å²) in [6.45, 7) is 1.55. The Kier molecular flexibility index (Phi) is 5.76. The molecule has 2 aliphatic rings. The van der Waals surface area contributed by atoms with Gasteiger partial charge in [-0.1, -0.05) is 18.2 Å². The van der Waals surface area contributed by atoms with Crippen molar-refractivity contribution in [2.75, 3.05) is 18.9 Å². The van der Waals surface area contributed by atoms with Crippen LogP contribution in [0, 0.1) is 0 Å². The van der Waals surface area contributed by atoms with Gasteiger partial charge in [-0.2, -0.15) is 0 Å². The van der Waals surface area contributed by atoms with Crippen LogP contribution in [-0.4, -0.2) is 73.9 Å². The topological polar surface area (TPSA) is 132 Å². The van der Waals surface area contributed by atoms with E-state index in [0.717, 1.165) is 4.90 Å². The van der Waals surface area contributed by atoms with Crippen molar-refractivity contribution >= 4 is 40.2 Å². The molecular formula is C26H26N4O6. The van der Waals surface area contributed by atoms with Crippen LogP contribution < -0.4 is 5.32 Å². The van der Waals surface area contributed by atoms with Crippen molar-refractivity contribution in [3.8, 4) is 5.75 Å². The second-order valence-corrected chi connectivity index (χ2v) is 9.17. The number of aliphatic hydroxyl groups is 1. The van der Waals surface area contributed by atoms with Crippen LogP contribution in [0.3, 0.4) is 0 Å². The van der Waals surface area contributed by atoms with Gasteiger partial charge in [0.1, 0.15) is 23.9 Å². The van der Waals surface area contributed by atoms with Gasteiger partial charge in [-0.05, 0) is 37.1 Å². The molecule has 1 aromatic heterocycles. The first-order valence-corrected chi connectivity index (χ1v) is 11.7. The zero-order valence-corrected chi connectivity index (χ0v) is 19.8. The highest BCUT2D eigenvalue weighted by atomic mass is 16.3. The third kappa shape index (κ3) is 3.61. The van der Waals surface area contributed by atoms with E-state index in [-0.39, 0.29) is 34.5 Å². The second-order valence-electron chi connectivity index (χ2n) is 9.17. The predicted octanol–water partition coefficient (Wildman–Crippen LogP) is 1.86. The summed E-state index contributed by atoms with van der Waals surface area (Å²) in [5, 5.41) is 25.3. The van der Waals surface area contributed by atoms with Crippen molar-refractivity contribution in [2.45, 2.75) is 38.0 Å². The highest BCUT2D eigenvalue weighted by Gasteiger charge is 2.43. The lowest BCUT2D eigenvalue weighted by Gasteiger charge is -2.35. The Labute approximate surface area is 206 Å². The summed E-state index contributed by atoms with van der Waals surface area (Å²) < 4.78 is 1.27. The molecule has 0 saturated carbocycles. The Bertz CT molecular complexity index is 1410. The predicted molar refractivity (Wildman–Crippen MR) is 130 cm³/mol. The zero-order valence-electron chi connectivity index (χ0n) is 19.8. The fourth-order valence-electron chi connectivity index (χ4n) is 5.17. The molecule has 1 saturated heterocycles. The molecule has 0 unspecified atom stereocenters. The molecule has 10 heteroatoms. The first-order chi connectivity index (χ1) is 17.2. The van der Waals surface area contributed by atoms with Gasteiger partial charge in [-0.15, -0.1) is 0 Å². The van der Waals surface area contributed by atoms with Crippen LogP contribution in [0.15, 0.2) is 48.7 Å². The number of nitrogens with one attached hydrogen (secondary N) is 1. The first-order valence-electron chi connectivity index (χ1n) is 11.7. The van der Waals surface area contributed by atoms with Crippen molar-refractivity contribution in [3.05, 3.63) is 59.8 Å². The average molecular weight is 491 g/mol. The molecule has 0 radical (unpaired) electrons. The van der Waals surface area contributed by atoms with Crippen LogP contribution >= 0.6 is 0 Å². The summed E-state index contributed by atoms with van der Waals surface area (Å²) in [5.41, 5.74) is 0.921. The number of aliphatic hydroxyl groups excluding tert-OH is 1. The molecule has 5 rings (SSSR count). The molecule has 3 aromatic rings. The highest BCUT2D eigenvalue weighted by Crippen LogP contribution is 2.37. The van der Waals surface area contributed by atoms with Crippen LogP contribution in [0.25, 0.3) is 10.9 Å². The number of rotatable bonds is 1. The maximum Gasteiger partial charge on any atom is 0.264 e. The summed E-state index contributed by atoms with van der Waals surface area (Å²) in [6.07, 6.45) is 0.760. The number of aromatic nitrogens is 1. The SMILES string of the molecule is CC(=O)N(C)[C@@H]1C(=O)N2CCC[C@H]2C(=O)Nc2ccccc2C(=O)n2cc(c3c(O)cccc32)[C@H]1O. The molecule has 3 N–H and O–H groups in total. The Hall–Kier alpha value is -4.18. The molecule has 3 atom stereocenters. The molecule has 2 aromatic carbocycles. The number of fused-ring (bicyclic) bond motifs is 7. The van der Waals surface area contributed by atoms with Gasteiger partial charge < -0.3 is 25.3 Å². The maximum atomic E-state index is 13.8. The summed E-state index contributed by atoms with van der Waals surface area (Å²) in [6, 6.07) is 8.93. The van der Waals surface area contributed by atoms with E-state index in [9.17, 15) is 29.4 Å². The number of anilines is 1. The summed E-state index contributed by atoms with van der Waals surface area (Å²) >= 11 is 0. The van der Waals surface area contributed by atoms with Crippen molar-refractivity contribution < 1.29 is 29.4 Å². The normalized spacial score (nSPS) is 22.2. The molecule has 0 spiro atoms. The van der Waals surface area contributed by atoms with E-state index in [2.05, 4.69) is 5.32 Å². The quantitative estimate of drug-likeness (QED) is 0.477. The number of para-hydroxylation sites is 1. The number of carbonyl (C=O) groups excluding carboxylic acids is 4. The van der Waals surface area contributed by atoms with E-state index in [0.29, 0.717) is 18.4 Å². The number of phenolic OH excluding ortho intramolecular Hbond substituents is 1. The average Bonchev–Trinajstić information content (AvgIpc) is 3.49. The Morgan fingerprint density at radius 1 is 1.11 bits per heavy atom. The molecule has 2 aliphatic heterocycles. The van der Waals surface area contributed by atoms with Crippen molar-refractivity contribution in [1.82, 2.24) is 14.4 Å². The number of likely N-dealkylation sites (N-methyl/N-ethyl adjacent to an activating group) is 1. The molecule has 3 amide bonds. The Balaban J connectivity index is 1.79. The number of hydrogen-bond donors (Lipinski definition) is 3. The van der Waals surface area contributed by atoms with Crippen molar-refractivity contribution in [2.24, 2.45) is 0 Å². The summed E-state index contributed by atoms with van der Waals surface area (Å²) in [7, 11) is 1.40. The lowest BCUT2D eigenvalue weighted by molar-refractivity contribution is -0.150. The lowest BCUT2D eigenvalue weighted by Crippen LogP contribution is -2.54. The first kappa shape index (κ1) is 23.6. The molecule has 2 bridgehead atoms. The van der Waals surface area contributed by atoms with Crippen LogP contribution in [0.4, 0.5) is 5.69 Å². The molecular weight excluding hydrogens is 464 g/mol. The second kappa shape index (κ2) is 8.80. The molecule has 1 fully saturated rings. The number of amides is 3. The van der Waals surface area contributed by atoms with E-state index >= 15 is 0 Å². The fraction of sp³-hybridized carbons (Fsp3) is 0.308. The third-order valence-electron chi connectivity index (χ3n) is 7.09. The minimum absolute atomic E-state index is 0.120. The highest BCUT2D eigenvalue weighted by molar-refractivity contribution is 6.10. The van der Waals surface area contributed by atoms with E-state index in [1.165, 1.54) is 35.7 Å². The zero-order chi connectivity index (χ0) is 25.7. The molecule has 10 nitrogen and oxygen atoms in total. The standard InChI is InChI=1S/C26H26N4O6/c1-14(31)28(2)22-23(33)16-13-30(18-9-5-11-20(32)21(16)18)25(35)15-7-3-4-8-17(15)27-24(34)19-10-6-12-29(19)26(22)36/h3-5,7-9,11,13,19,22-23,32-33H,6,10,12H2,1-2H3,(H,27,34)/t19-,22-,23+/m0/s1. The van der Waals surface area contributed by atoms with Gasteiger partial charge in [0.15, 0.2) is 0 Å². The Morgan fingerprint density at radius 3 is 2.61 bits per heavy atom. The smallest absolute Gasteiger partial charge is 0.264 e. The number of benzene rings is 2. The van der Waals surface area contributed by atoms with Gasteiger partial charge >= 0.3 is 0 Å². The number of nitrogens with zero attached hydrogens (tertiary/aromatic N) is 3. The summed E-state index contributed by atoms with van der Waals surface area (Å²) in [4.78, 5) is 55.7. The largest absolute Gasteiger partial charge is 0.507 e. The van der Waals surface area contributed by atoms with E-state index < -0.39 is 41.8 Å². The molecule has 186 valence electrons. The van der Waals surface area contributed by atoms with Gasteiger partial charge in [0.2, 0.25) is 17.7 Å². The van der Waals surface area contributed by atoms with Crippen LogP contribution in [0.1, 0.15) is 41.8 Å². The lowest BCUT2D eigenvalue weighted by atomic mass is 9.98. The van der Waals surface area contributed by atoms with Crippen LogP contribution in [-0.2, 0) is 14.4 Å². The Morgan fingerprint density at radius 2 is 1.86 bits per heavy atom. The number of hydrogen-bond acceptors (Lipinski definition) is 6. The van der Waals surface area contributed by atoms with Gasteiger partial charge in [0, 0.05) is 37.7 Å². The van der Waals surface area contributed by atoms with Gasteiger partial charge in [0.05, 0.1) is 16.8 Å². The molecule has 0 aliphatic carbocycles. The minimum Gasteiger partial charge on any atom is -0.507 e. The van der Waals surface area contributed by atoms with Gasteiger partial charge in [0.25, 0.3) is 5.91 Å². The number of aromatic hydroxyl groups is 1. The molecule has 36 heavy (non-hydrogen) atoms. The van der Waals surface area contributed by atoms with E-state index in [1.54, 1.807) is 36.4 Å². The van der Waals surface area contributed by atoms with E-state index in [4.69, 9.17) is 0 Å². The van der Waals surface area contributed by atoms with E-state index in [1.807, 2.05) is 0 Å². The van der Waals surface area contributed by atoms with Crippen molar-refractivity contribution in [3.63, 3.8) is 0 Å². The molecule has 3 heterocycles. The number of phenols is 1. The monoisotopic (exact) mass is 490 g/mol. The van der Waals surface area contributed by atoms with Crippen LogP contribution in [0.2, 0.25) is 0 Å².